The maximum absolute atomic E-state index is 12.9. The second-order valence-electron chi connectivity index (χ2n) is 17.8. The summed E-state index contributed by atoms with van der Waals surface area (Å²) in [7, 11) is 1.23. The molecule has 9 heteroatoms. The van der Waals surface area contributed by atoms with Crippen LogP contribution in [0.25, 0.3) is 0 Å². The van der Waals surface area contributed by atoms with E-state index in [1.54, 1.807) is 6.08 Å². The largest absolute Gasteiger partial charge is 0.756 e. The molecular weight excluding hydrogens is 792 g/mol. The predicted molar refractivity (Wildman–Crippen MR) is 265 cm³/mol. The van der Waals surface area contributed by atoms with Crippen LogP contribution in [0.1, 0.15) is 194 Å². The van der Waals surface area contributed by atoms with Gasteiger partial charge in [0.25, 0.3) is 7.82 Å². The predicted octanol–water partition coefficient (Wildman–Crippen LogP) is 13.9. The van der Waals surface area contributed by atoms with Crippen LogP contribution in [0.5, 0.6) is 0 Å². The number of nitrogens with zero attached hydrogens (tertiary/aromatic N) is 1. The standard InChI is InChI=1S/C53H95N2O6P/c1-6-8-10-12-14-16-18-20-22-23-24-25-26-27-28-29-30-31-33-35-37-39-41-43-45-47-53(57)54-51(50-61-62(58,59)60-49-48-55(3,4)5)52(56)46-44-42-40-38-36-34-32-21-19-17-15-13-11-9-7-2/h8,10,14,16,20,22,24-25,27-28,36,38,44,46,51-52,56H,6-7,9,11-13,15,17-19,21,23,26,29-35,37,39-43,45,47-50H2,1-5H3,(H-,54,57,58,59)/b10-8-,16-14-,22-20-,25-24-,28-27-,38-36+,46-44+. The van der Waals surface area contributed by atoms with Crippen molar-refractivity contribution in [1.82, 2.24) is 5.32 Å². The summed E-state index contributed by atoms with van der Waals surface area (Å²) in [5.41, 5.74) is 0. The second-order valence-corrected chi connectivity index (χ2v) is 19.2. The van der Waals surface area contributed by atoms with E-state index in [0.717, 1.165) is 83.5 Å². The Labute approximate surface area is 382 Å². The van der Waals surface area contributed by atoms with Crippen LogP contribution in [0.3, 0.4) is 0 Å². The zero-order valence-corrected chi connectivity index (χ0v) is 41.4. The number of aliphatic hydroxyl groups is 1. The summed E-state index contributed by atoms with van der Waals surface area (Å²) in [6.07, 6.45) is 60.6. The van der Waals surface area contributed by atoms with Crippen molar-refractivity contribution < 1.29 is 32.9 Å². The van der Waals surface area contributed by atoms with E-state index in [4.69, 9.17) is 9.05 Å². The highest BCUT2D eigenvalue weighted by atomic mass is 31.2. The van der Waals surface area contributed by atoms with Crippen molar-refractivity contribution in [2.24, 2.45) is 0 Å². The third kappa shape index (κ3) is 45.7. The number of nitrogens with one attached hydrogen (secondary N) is 1. The van der Waals surface area contributed by atoms with Gasteiger partial charge < -0.3 is 28.8 Å². The van der Waals surface area contributed by atoms with Crippen LogP contribution in [0.15, 0.2) is 85.1 Å². The number of phosphoric ester groups is 1. The number of rotatable bonds is 44. The lowest BCUT2D eigenvalue weighted by molar-refractivity contribution is -0.870. The lowest BCUT2D eigenvalue weighted by atomic mass is 10.1. The molecule has 0 heterocycles. The summed E-state index contributed by atoms with van der Waals surface area (Å²) in [4.78, 5) is 25.4. The highest BCUT2D eigenvalue weighted by Crippen LogP contribution is 2.38. The van der Waals surface area contributed by atoms with Gasteiger partial charge in [0.15, 0.2) is 0 Å². The molecule has 0 bridgehead atoms. The van der Waals surface area contributed by atoms with E-state index in [2.05, 4.69) is 92.1 Å². The second kappa shape index (κ2) is 43.9. The van der Waals surface area contributed by atoms with Gasteiger partial charge in [-0.2, -0.15) is 0 Å². The molecular formula is C53H95N2O6P. The lowest BCUT2D eigenvalue weighted by Crippen LogP contribution is -2.45. The van der Waals surface area contributed by atoms with E-state index in [-0.39, 0.29) is 12.5 Å². The Kier molecular flexibility index (Phi) is 42.3. The number of carbonyl (C=O) groups excluding carboxylic acids is 1. The number of phosphoric acid groups is 1. The average Bonchev–Trinajstić information content (AvgIpc) is 3.23. The molecule has 358 valence electrons. The minimum atomic E-state index is -4.61. The molecule has 3 unspecified atom stereocenters. The van der Waals surface area contributed by atoms with Crippen molar-refractivity contribution in [3.63, 3.8) is 0 Å². The molecule has 0 spiro atoms. The summed E-state index contributed by atoms with van der Waals surface area (Å²) >= 11 is 0. The number of amides is 1. The first kappa shape index (κ1) is 59.7. The zero-order valence-electron chi connectivity index (χ0n) is 40.5. The molecule has 1 amide bonds. The Morgan fingerprint density at radius 2 is 1.00 bits per heavy atom. The third-order valence-corrected chi connectivity index (χ3v) is 11.6. The van der Waals surface area contributed by atoms with E-state index in [0.29, 0.717) is 17.4 Å². The zero-order chi connectivity index (χ0) is 45.7. The molecule has 2 N–H and O–H groups in total. The molecule has 62 heavy (non-hydrogen) atoms. The van der Waals surface area contributed by atoms with Gasteiger partial charge in [-0.25, -0.2) is 0 Å². The van der Waals surface area contributed by atoms with Crippen molar-refractivity contribution in [3.8, 4) is 0 Å². The van der Waals surface area contributed by atoms with Gasteiger partial charge in [-0.3, -0.25) is 9.36 Å². The van der Waals surface area contributed by atoms with Crippen LogP contribution in [0.4, 0.5) is 0 Å². The molecule has 0 aromatic heterocycles. The first-order chi connectivity index (χ1) is 30.0. The first-order valence-electron chi connectivity index (χ1n) is 24.9. The van der Waals surface area contributed by atoms with Crippen LogP contribution >= 0.6 is 7.82 Å². The quantitative estimate of drug-likeness (QED) is 0.0273. The fourth-order valence-electron chi connectivity index (χ4n) is 6.66. The van der Waals surface area contributed by atoms with Crippen LogP contribution in [-0.4, -0.2) is 68.5 Å². The lowest BCUT2D eigenvalue weighted by Gasteiger charge is -2.29. The molecule has 0 aliphatic heterocycles. The molecule has 0 aromatic carbocycles. The van der Waals surface area contributed by atoms with Crippen LogP contribution < -0.4 is 10.2 Å². The van der Waals surface area contributed by atoms with E-state index in [1.165, 1.54) is 89.9 Å². The Hall–Kier alpha value is -2.32. The van der Waals surface area contributed by atoms with Crippen molar-refractivity contribution >= 4 is 13.7 Å². The van der Waals surface area contributed by atoms with Gasteiger partial charge in [0, 0.05) is 6.42 Å². The molecule has 0 saturated carbocycles. The van der Waals surface area contributed by atoms with Crippen molar-refractivity contribution in [3.05, 3.63) is 85.1 Å². The molecule has 0 saturated heterocycles. The Bertz CT molecular complexity index is 1280. The molecule has 0 aliphatic rings. The maximum Gasteiger partial charge on any atom is 0.268 e. The van der Waals surface area contributed by atoms with Gasteiger partial charge >= 0.3 is 0 Å². The summed E-state index contributed by atoms with van der Waals surface area (Å²) in [6.45, 7) is 4.49. The van der Waals surface area contributed by atoms with E-state index < -0.39 is 26.6 Å². The Morgan fingerprint density at radius 1 is 0.581 bits per heavy atom. The Morgan fingerprint density at radius 3 is 1.50 bits per heavy atom. The third-order valence-electron chi connectivity index (χ3n) is 10.6. The van der Waals surface area contributed by atoms with Gasteiger partial charge in [0.1, 0.15) is 13.2 Å². The smallest absolute Gasteiger partial charge is 0.268 e. The minimum absolute atomic E-state index is 0.0117. The average molecular weight is 887 g/mol. The number of likely N-dealkylation sites (N-methyl/N-ethyl adjacent to an activating group) is 1. The van der Waals surface area contributed by atoms with Crippen molar-refractivity contribution in [2.75, 3.05) is 40.9 Å². The van der Waals surface area contributed by atoms with Crippen LogP contribution in [0.2, 0.25) is 0 Å². The van der Waals surface area contributed by atoms with E-state index in [1.807, 2.05) is 27.2 Å². The highest BCUT2D eigenvalue weighted by Gasteiger charge is 2.23. The Balaban J connectivity index is 4.35. The fourth-order valence-corrected chi connectivity index (χ4v) is 7.39. The van der Waals surface area contributed by atoms with Crippen LogP contribution in [0, 0.1) is 0 Å². The summed E-state index contributed by atoms with van der Waals surface area (Å²) in [6, 6.07) is -0.911. The number of unbranched alkanes of at least 4 members (excludes halogenated alkanes) is 19. The molecule has 0 aromatic rings. The van der Waals surface area contributed by atoms with Crippen LogP contribution in [-0.2, 0) is 18.4 Å². The van der Waals surface area contributed by atoms with Crippen molar-refractivity contribution in [2.45, 2.75) is 206 Å². The number of aliphatic hydroxyl groups excluding tert-OH is 1. The number of hydrogen-bond donors (Lipinski definition) is 2. The molecule has 0 aliphatic carbocycles. The number of hydrogen-bond acceptors (Lipinski definition) is 6. The monoisotopic (exact) mass is 887 g/mol. The maximum atomic E-state index is 12.9. The van der Waals surface area contributed by atoms with Gasteiger partial charge in [-0.1, -0.05) is 195 Å². The van der Waals surface area contributed by atoms with Gasteiger partial charge in [0.05, 0.1) is 39.9 Å². The number of allylic oxidation sites excluding steroid dienone is 13. The fraction of sp³-hybridized carbons (Fsp3) is 0.717. The first-order valence-corrected chi connectivity index (χ1v) is 26.4. The minimum Gasteiger partial charge on any atom is -0.756 e. The molecule has 0 fully saturated rings. The number of quaternary nitrogens is 1. The van der Waals surface area contributed by atoms with Gasteiger partial charge in [0.2, 0.25) is 5.91 Å². The summed E-state index contributed by atoms with van der Waals surface area (Å²) < 4.78 is 23.2. The molecule has 3 atom stereocenters. The number of carbonyl (C=O) groups is 1. The molecule has 8 nitrogen and oxygen atoms in total. The topological polar surface area (TPSA) is 108 Å². The summed E-state index contributed by atoms with van der Waals surface area (Å²) in [5.74, 6) is -0.218. The van der Waals surface area contributed by atoms with E-state index >= 15 is 0 Å². The molecule has 0 radical (unpaired) electrons. The van der Waals surface area contributed by atoms with E-state index in [9.17, 15) is 19.4 Å². The highest BCUT2D eigenvalue weighted by molar-refractivity contribution is 7.45. The summed E-state index contributed by atoms with van der Waals surface area (Å²) in [5, 5.41) is 13.8. The molecule has 0 rings (SSSR count). The van der Waals surface area contributed by atoms with Gasteiger partial charge in [-0.15, -0.1) is 0 Å². The SMILES string of the molecule is CC/C=C\C/C=C\C/C=C\C/C=C\C/C=C\CCCCCCCCCCCC(=O)NC(COP(=O)([O-])OCC[N+](C)(C)C)C(O)/C=C/CC/C=C/CCCCCCCCCCC. The van der Waals surface area contributed by atoms with Crippen molar-refractivity contribution in [1.29, 1.82) is 0 Å². The van der Waals surface area contributed by atoms with Gasteiger partial charge in [-0.05, 0) is 77.0 Å². The normalized spacial score (nSPS) is 14.9.